The molecular formula is C14H28N4O2. The summed E-state index contributed by atoms with van der Waals surface area (Å²) in [6.07, 6.45) is 2.23. The lowest BCUT2D eigenvalue weighted by Crippen LogP contribution is -2.45. The van der Waals surface area contributed by atoms with Gasteiger partial charge in [0.25, 0.3) is 0 Å². The summed E-state index contributed by atoms with van der Waals surface area (Å²) in [6.45, 7) is 6.73. The van der Waals surface area contributed by atoms with E-state index in [1.54, 1.807) is 11.9 Å². The molecule has 0 saturated carbocycles. The lowest BCUT2D eigenvalue weighted by atomic mass is 9.92. The zero-order chi connectivity index (χ0) is 15.3. The van der Waals surface area contributed by atoms with Gasteiger partial charge in [-0.15, -0.1) is 0 Å². The van der Waals surface area contributed by atoms with Crippen molar-refractivity contribution in [2.24, 2.45) is 28.6 Å². The van der Waals surface area contributed by atoms with Gasteiger partial charge >= 0.3 is 0 Å². The molecule has 6 nitrogen and oxygen atoms in total. The maximum Gasteiger partial charge on any atom is 0.233 e. The summed E-state index contributed by atoms with van der Waals surface area (Å²) in [5.74, 6) is -0.0516. The van der Waals surface area contributed by atoms with Crippen molar-refractivity contribution in [1.82, 2.24) is 9.80 Å². The number of oxime groups is 1. The lowest BCUT2D eigenvalue weighted by molar-refractivity contribution is -0.134. The van der Waals surface area contributed by atoms with Crippen LogP contribution in [-0.2, 0) is 4.79 Å². The molecule has 0 bridgehead atoms. The van der Waals surface area contributed by atoms with Crippen LogP contribution in [0, 0.1) is 17.8 Å². The molecule has 0 aliphatic carbocycles. The molecule has 1 saturated heterocycles. The second-order valence-electron chi connectivity index (χ2n) is 6.21. The molecule has 0 aromatic heterocycles. The molecule has 1 rings (SSSR count). The molecule has 0 radical (unpaired) electrons. The Morgan fingerprint density at radius 3 is 2.45 bits per heavy atom. The van der Waals surface area contributed by atoms with Crippen LogP contribution in [0.1, 0.15) is 26.7 Å². The molecule has 0 spiro atoms. The van der Waals surface area contributed by atoms with Crippen LogP contribution in [0.15, 0.2) is 5.16 Å². The van der Waals surface area contributed by atoms with Gasteiger partial charge in [-0.2, -0.15) is 0 Å². The van der Waals surface area contributed by atoms with E-state index in [1.165, 1.54) is 0 Å². The average Bonchev–Trinajstić information content (AvgIpc) is 2.40. The van der Waals surface area contributed by atoms with E-state index in [-0.39, 0.29) is 17.7 Å². The Kier molecular flexibility index (Phi) is 6.26. The topological polar surface area (TPSA) is 82.2 Å². The van der Waals surface area contributed by atoms with Crippen molar-refractivity contribution in [1.29, 1.82) is 0 Å². The minimum atomic E-state index is -0.545. The third-order valence-corrected chi connectivity index (χ3v) is 4.11. The number of nitrogens with two attached hydrogens (primary N) is 1. The van der Waals surface area contributed by atoms with Crippen LogP contribution in [0.2, 0.25) is 0 Å². The van der Waals surface area contributed by atoms with Crippen LogP contribution in [-0.4, -0.2) is 60.5 Å². The van der Waals surface area contributed by atoms with Crippen LogP contribution in [0.3, 0.4) is 0 Å². The first kappa shape index (κ1) is 16.8. The minimum absolute atomic E-state index is 0.000211. The smallest absolute Gasteiger partial charge is 0.233 e. The highest BCUT2D eigenvalue weighted by Gasteiger charge is 2.30. The van der Waals surface area contributed by atoms with Gasteiger partial charge in [0.15, 0.2) is 5.84 Å². The van der Waals surface area contributed by atoms with E-state index in [2.05, 4.69) is 17.1 Å². The van der Waals surface area contributed by atoms with Crippen LogP contribution in [0.4, 0.5) is 0 Å². The van der Waals surface area contributed by atoms with Crippen molar-refractivity contribution >= 4 is 11.7 Å². The molecule has 1 unspecified atom stereocenters. The van der Waals surface area contributed by atoms with E-state index >= 15 is 0 Å². The fourth-order valence-electron chi connectivity index (χ4n) is 2.77. The van der Waals surface area contributed by atoms with E-state index in [4.69, 9.17) is 10.9 Å². The summed E-state index contributed by atoms with van der Waals surface area (Å²) in [4.78, 5) is 16.5. The van der Waals surface area contributed by atoms with Gasteiger partial charge in [0.1, 0.15) is 5.92 Å². The number of hydrogen-bond donors (Lipinski definition) is 2. The molecule has 1 heterocycles. The van der Waals surface area contributed by atoms with Gasteiger partial charge in [-0.1, -0.05) is 19.0 Å². The van der Waals surface area contributed by atoms with Gasteiger partial charge in [0.05, 0.1) is 0 Å². The Balaban J connectivity index is 2.60. The third-order valence-electron chi connectivity index (χ3n) is 4.11. The van der Waals surface area contributed by atoms with Crippen LogP contribution in [0.5, 0.6) is 0 Å². The Hall–Kier alpha value is -1.30. The van der Waals surface area contributed by atoms with Crippen molar-refractivity contribution in [3.63, 3.8) is 0 Å². The second-order valence-corrected chi connectivity index (χ2v) is 6.21. The lowest BCUT2D eigenvalue weighted by Gasteiger charge is -2.33. The summed E-state index contributed by atoms with van der Waals surface area (Å²) in [5, 5.41) is 11.8. The molecule has 1 fully saturated rings. The van der Waals surface area contributed by atoms with Gasteiger partial charge in [0.2, 0.25) is 5.91 Å². The number of piperidine rings is 1. The van der Waals surface area contributed by atoms with Crippen molar-refractivity contribution in [2.75, 3.05) is 33.7 Å². The van der Waals surface area contributed by atoms with Gasteiger partial charge in [0, 0.05) is 13.6 Å². The Morgan fingerprint density at radius 1 is 1.45 bits per heavy atom. The summed E-state index contributed by atoms with van der Waals surface area (Å²) >= 11 is 0. The molecule has 3 N–H and O–H groups in total. The van der Waals surface area contributed by atoms with Crippen LogP contribution < -0.4 is 5.73 Å². The van der Waals surface area contributed by atoms with Crippen molar-refractivity contribution in [2.45, 2.75) is 26.7 Å². The first-order valence-corrected chi connectivity index (χ1v) is 7.27. The highest BCUT2D eigenvalue weighted by Crippen LogP contribution is 2.19. The Bertz CT molecular complexity index is 349. The number of likely N-dealkylation sites (tertiary alicyclic amines) is 1. The number of amides is 1. The van der Waals surface area contributed by atoms with Gasteiger partial charge in [-0.3, -0.25) is 4.79 Å². The molecule has 0 aromatic rings. The standard InChI is InChI=1S/C14H28N4O2/c1-10(2)12(13(15)16-20)14(19)18(4)9-11-5-7-17(3)8-6-11/h10-12,20H,5-9H2,1-4H3,(H2,15,16). The van der Waals surface area contributed by atoms with Crippen molar-refractivity contribution in [3.05, 3.63) is 0 Å². The summed E-state index contributed by atoms with van der Waals surface area (Å²) in [5.41, 5.74) is 5.65. The number of carbonyl (C=O) groups is 1. The predicted octanol–water partition coefficient (Wildman–Crippen LogP) is 0.805. The van der Waals surface area contributed by atoms with Crippen LogP contribution in [0.25, 0.3) is 0 Å². The zero-order valence-electron chi connectivity index (χ0n) is 13.0. The summed E-state index contributed by atoms with van der Waals surface area (Å²) in [6, 6.07) is 0. The Labute approximate surface area is 121 Å². The van der Waals surface area contributed by atoms with Gasteiger partial charge in [-0.05, 0) is 44.8 Å². The number of amidine groups is 1. The predicted molar refractivity (Wildman–Crippen MR) is 79.6 cm³/mol. The molecule has 116 valence electrons. The molecule has 1 aliphatic heterocycles. The monoisotopic (exact) mass is 284 g/mol. The highest BCUT2D eigenvalue weighted by atomic mass is 16.4. The minimum Gasteiger partial charge on any atom is -0.409 e. The Morgan fingerprint density at radius 2 is 2.00 bits per heavy atom. The van der Waals surface area contributed by atoms with Gasteiger partial charge in [-0.25, -0.2) is 0 Å². The first-order chi connectivity index (χ1) is 9.36. The molecule has 1 aliphatic rings. The molecular weight excluding hydrogens is 256 g/mol. The normalized spacial score (nSPS) is 20.1. The quantitative estimate of drug-likeness (QED) is 0.339. The number of nitrogens with zero attached hydrogens (tertiary/aromatic N) is 3. The van der Waals surface area contributed by atoms with E-state index < -0.39 is 5.92 Å². The van der Waals surface area contributed by atoms with E-state index in [1.807, 2.05) is 13.8 Å². The van der Waals surface area contributed by atoms with Crippen molar-refractivity contribution < 1.29 is 10.0 Å². The van der Waals surface area contributed by atoms with E-state index in [0.29, 0.717) is 5.92 Å². The second kappa shape index (κ2) is 7.47. The summed E-state index contributed by atoms with van der Waals surface area (Å²) in [7, 11) is 3.93. The summed E-state index contributed by atoms with van der Waals surface area (Å²) < 4.78 is 0. The SMILES string of the molecule is CC(C)C(C(=O)N(C)CC1CCN(C)CC1)C(N)=NO. The van der Waals surface area contributed by atoms with Gasteiger partial charge < -0.3 is 20.7 Å². The van der Waals surface area contributed by atoms with E-state index in [9.17, 15) is 4.79 Å². The maximum absolute atomic E-state index is 12.5. The highest BCUT2D eigenvalue weighted by molar-refractivity contribution is 6.02. The molecule has 20 heavy (non-hydrogen) atoms. The van der Waals surface area contributed by atoms with Crippen molar-refractivity contribution in [3.8, 4) is 0 Å². The maximum atomic E-state index is 12.5. The average molecular weight is 284 g/mol. The zero-order valence-corrected chi connectivity index (χ0v) is 13.0. The number of hydrogen-bond acceptors (Lipinski definition) is 4. The molecule has 6 heteroatoms. The molecule has 1 amide bonds. The fraction of sp³-hybridized carbons (Fsp3) is 0.857. The molecule has 1 atom stereocenters. The first-order valence-electron chi connectivity index (χ1n) is 7.27. The largest absolute Gasteiger partial charge is 0.409 e. The van der Waals surface area contributed by atoms with E-state index in [0.717, 1.165) is 32.5 Å². The fourth-order valence-corrected chi connectivity index (χ4v) is 2.77. The number of carbonyl (C=O) groups excluding carboxylic acids is 1. The van der Waals surface area contributed by atoms with Crippen LogP contribution >= 0.6 is 0 Å². The molecule has 0 aromatic carbocycles. The number of rotatable bonds is 5. The third kappa shape index (κ3) is 4.37.